The molecule has 1 heterocycles. The van der Waals surface area contributed by atoms with Gasteiger partial charge >= 0.3 is 22.0 Å². The van der Waals surface area contributed by atoms with E-state index < -0.39 is 62.5 Å². The van der Waals surface area contributed by atoms with Gasteiger partial charge in [0, 0.05) is 31.9 Å². The molecule has 2 aromatic rings. The Labute approximate surface area is 270 Å². The van der Waals surface area contributed by atoms with Crippen LogP contribution in [0.1, 0.15) is 12.5 Å². The molecule has 0 saturated heterocycles. The standard InChI is InChI=1S/C13H13N.4CHF3O3S.Ir/c1-2-11-8-9-14-13(10-11)12-6-4-3-5-7-12;4*2-1(3,4)8(5,6)7;/h3-10H,2H2,1H3;4*(H,5,6,7);/p-4. The summed E-state index contributed by atoms with van der Waals surface area (Å²) in [5.74, 6) is 0. The first-order chi connectivity index (χ1) is 19.9. The molecular weight excluding hydrogens is 959 g/mol. The Morgan fingerprint density at radius 1 is 0.553 bits per heavy atom. The minimum Gasteiger partial charge on any atom is -0.741 e. The predicted molar refractivity (Wildman–Crippen MR) is 122 cm³/mol. The topological polar surface area (TPSA) is 242 Å². The maximum atomic E-state index is 10.7. The molecule has 0 aliphatic carbocycles. The fourth-order valence-electron chi connectivity index (χ4n) is 1.46. The minimum absolute atomic E-state index is 0. The van der Waals surface area contributed by atoms with Crippen molar-refractivity contribution in [3.8, 4) is 11.3 Å². The molecule has 0 spiro atoms. The number of aromatic nitrogens is 1. The molecule has 30 heteroatoms. The number of halogens is 12. The van der Waals surface area contributed by atoms with Gasteiger partial charge in [0.25, 0.3) is 0 Å². The van der Waals surface area contributed by atoms with E-state index in [2.05, 4.69) is 36.2 Å². The van der Waals surface area contributed by atoms with E-state index >= 15 is 0 Å². The minimum atomic E-state index is -6.09. The second kappa shape index (κ2) is 19.1. The quantitative estimate of drug-likeness (QED) is 0.238. The van der Waals surface area contributed by atoms with Gasteiger partial charge in [0.2, 0.25) is 0 Å². The van der Waals surface area contributed by atoms with Crippen molar-refractivity contribution in [2.45, 2.75) is 35.4 Å². The number of nitrogens with zero attached hydrogens (tertiary/aromatic N) is 1. The summed E-state index contributed by atoms with van der Waals surface area (Å²) >= 11 is 0. The van der Waals surface area contributed by atoms with Crippen molar-refractivity contribution < 1.29 is 125 Å². The van der Waals surface area contributed by atoms with Crippen LogP contribution in [0.15, 0.2) is 48.7 Å². The third-order valence-electron chi connectivity index (χ3n) is 3.44. The van der Waals surface area contributed by atoms with Crippen LogP contribution in [0.2, 0.25) is 0 Å². The number of benzene rings is 1. The average Bonchev–Trinajstić information content (AvgIpc) is 2.81. The molecule has 0 N–H and O–H groups in total. The largest absolute Gasteiger partial charge is 0.741 e. The Kier molecular flexibility index (Phi) is 21.0. The normalized spacial score (nSPS) is 12.5. The van der Waals surface area contributed by atoms with Gasteiger partial charge in [0.1, 0.15) is 0 Å². The van der Waals surface area contributed by atoms with Crippen LogP contribution in [0.5, 0.6) is 0 Å². The van der Waals surface area contributed by atoms with Crippen molar-refractivity contribution in [1.82, 2.24) is 4.98 Å². The van der Waals surface area contributed by atoms with Crippen LogP contribution in [-0.2, 0) is 67.0 Å². The van der Waals surface area contributed by atoms with Crippen LogP contribution in [0.25, 0.3) is 11.3 Å². The van der Waals surface area contributed by atoms with Crippen molar-refractivity contribution in [3.63, 3.8) is 0 Å². The predicted octanol–water partition coefficient (Wildman–Crippen LogP) is 3.51. The van der Waals surface area contributed by atoms with E-state index in [9.17, 15) is 52.7 Å². The average molecular weight is 972 g/mol. The first kappa shape index (κ1) is 51.6. The van der Waals surface area contributed by atoms with Crippen LogP contribution in [0.3, 0.4) is 0 Å². The summed E-state index contributed by atoms with van der Waals surface area (Å²) in [7, 11) is -24.4. The SMILES string of the molecule is CCc1ccnc(-c2ccccc2)c1.O=S(=O)([O-])C(F)(F)F.O=S(=O)([O-])C(F)(F)F.O=S(=O)([O-])C(F)(F)F.O=S(=O)([O-])C(F)(F)F.[Ir]. The molecule has 279 valence electrons. The Bertz CT molecular complexity index is 1490. The van der Waals surface area contributed by atoms with Gasteiger partial charge in [-0.3, -0.25) is 4.98 Å². The molecule has 0 fully saturated rings. The summed E-state index contributed by atoms with van der Waals surface area (Å²) in [6.45, 7) is 2.16. The molecule has 1 radical (unpaired) electrons. The Morgan fingerprint density at radius 2 is 0.809 bits per heavy atom. The molecule has 1 aromatic carbocycles. The van der Waals surface area contributed by atoms with E-state index in [1.165, 1.54) is 11.1 Å². The van der Waals surface area contributed by atoms with E-state index in [-0.39, 0.29) is 20.1 Å². The summed E-state index contributed by atoms with van der Waals surface area (Å²) < 4.78 is 236. The van der Waals surface area contributed by atoms with Gasteiger partial charge in [-0.25, -0.2) is 33.7 Å². The maximum absolute atomic E-state index is 10.7. The third kappa shape index (κ3) is 22.9. The smallest absolute Gasteiger partial charge is 0.485 e. The van der Waals surface area contributed by atoms with Crippen LogP contribution in [0, 0.1) is 0 Å². The monoisotopic (exact) mass is 972 g/mol. The van der Waals surface area contributed by atoms with Crippen molar-refractivity contribution in [2.75, 3.05) is 0 Å². The summed E-state index contributed by atoms with van der Waals surface area (Å²) in [5.41, 5.74) is -19.0. The zero-order chi connectivity index (χ0) is 37.8. The van der Waals surface area contributed by atoms with Gasteiger partial charge in [0.15, 0.2) is 40.5 Å². The van der Waals surface area contributed by atoms with E-state index in [1.54, 1.807) is 0 Å². The molecule has 1 aromatic heterocycles. The number of rotatable bonds is 2. The Hall–Kier alpha value is -2.18. The fourth-order valence-corrected chi connectivity index (χ4v) is 1.46. The molecular formula is C17H13F12IrNO12S4-4. The molecule has 2 rings (SSSR count). The zero-order valence-corrected chi connectivity index (χ0v) is 27.3. The summed E-state index contributed by atoms with van der Waals surface area (Å²) in [5, 5.41) is 0. The third-order valence-corrected chi connectivity index (χ3v) is 5.70. The number of hydrogen-bond acceptors (Lipinski definition) is 13. The van der Waals surface area contributed by atoms with Gasteiger partial charge in [-0.05, 0) is 24.1 Å². The van der Waals surface area contributed by atoms with E-state index in [1.807, 2.05) is 24.4 Å². The second-order valence-electron chi connectivity index (χ2n) is 6.87. The second-order valence-corrected chi connectivity index (χ2v) is 12.4. The van der Waals surface area contributed by atoms with Crippen LogP contribution >= 0.6 is 0 Å². The van der Waals surface area contributed by atoms with E-state index in [0.29, 0.717) is 0 Å². The molecule has 0 unspecified atom stereocenters. The maximum Gasteiger partial charge on any atom is 0.485 e. The van der Waals surface area contributed by atoms with Gasteiger partial charge in [0.05, 0.1) is 5.69 Å². The van der Waals surface area contributed by atoms with Crippen molar-refractivity contribution in [3.05, 3.63) is 54.2 Å². The van der Waals surface area contributed by atoms with E-state index in [4.69, 9.17) is 51.9 Å². The first-order valence-corrected chi connectivity index (χ1v) is 15.6. The number of hydrogen-bond donors (Lipinski definition) is 0. The molecule has 0 bridgehead atoms. The Balaban J connectivity index is -0.000000252. The summed E-state index contributed by atoms with van der Waals surface area (Å²) in [4.78, 5) is 4.36. The van der Waals surface area contributed by atoms with Gasteiger partial charge in [-0.2, -0.15) is 52.7 Å². The molecule has 13 nitrogen and oxygen atoms in total. The molecule has 0 amide bonds. The van der Waals surface area contributed by atoms with Crippen LogP contribution < -0.4 is 0 Å². The zero-order valence-electron chi connectivity index (χ0n) is 21.7. The van der Waals surface area contributed by atoms with Gasteiger partial charge in [-0.1, -0.05) is 37.3 Å². The van der Waals surface area contributed by atoms with Gasteiger partial charge < -0.3 is 18.2 Å². The van der Waals surface area contributed by atoms with Gasteiger partial charge in [-0.15, -0.1) is 0 Å². The molecule has 0 aliphatic heterocycles. The van der Waals surface area contributed by atoms with Crippen molar-refractivity contribution in [1.29, 1.82) is 0 Å². The number of pyridine rings is 1. The molecule has 47 heavy (non-hydrogen) atoms. The fraction of sp³-hybridized carbons (Fsp3) is 0.353. The molecule has 0 saturated carbocycles. The first-order valence-electron chi connectivity index (χ1n) is 9.99. The molecule has 0 atom stereocenters. The summed E-state index contributed by atoms with van der Waals surface area (Å²) in [6, 6.07) is 14.5. The van der Waals surface area contributed by atoms with Crippen LogP contribution in [0.4, 0.5) is 52.7 Å². The Morgan fingerprint density at radius 3 is 1.02 bits per heavy atom. The number of aryl methyl sites for hydroxylation is 1. The number of alkyl halides is 12. The van der Waals surface area contributed by atoms with Crippen molar-refractivity contribution >= 4 is 40.5 Å². The van der Waals surface area contributed by atoms with E-state index in [0.717, 1.165) is 12.1 Å². The molecule has 0 aliphatic rings. The van der Waals surface area contributed by atoms with Crippen molar-refractivity contribution in [2.24, 2.45) is 0 Å². The van der Waals surface area contributed by atoms with Crippen LogP contribution in [-0.4, -0.2) is 78.9 Å². The summed E-state index contributed by atoms with van der Waals surface area (Å²) in [6.07, 6.45) is 2.93.